The van der Waals surface area contributed by atoms with Crippen LogP contribution < -0.4 is 5.32 Å². The van der Waals surface area contributed by atoms with Gasteiger partial charge in [0, 0.05) is 10.2 Å². The van der Waals surface area contributed by atoms with Crippen LogP contribution in [0.5, 0.6) is 0 Å². The van der Waals surface area contributed by atoms with Crippen LogP contribution >= 0.6 is 27.7 Å². The maximum Gasteiger partial charge on any atom is 0.327 e. The number of halogens is 1. The summed E-state index contributed by atoms with van der Waals surface area (Å²) < 4.78 is 0.941. The molecule has 1 aromatic rings. The van der Waals surface area contributed by atoms with Crippen molar-refractivity contribution in [2.24, 2.45) is 0 Å². The number of nitrogens with zero attached hydrogens (tertiary/aromatic N) is 1. The Balaban J connectivity index is 2.02. The van der Waals surface area contributed by atoms with Gasteiger partial charge < -0.3 is 15.3 Å². The normalized spacial score (nSPS) is 19.7. The lowest BCUT2D eigenvalue weighted by molar-refractivity contribution is -0.140. The molecule has 2 atom stereocenters. The SMILES string of the molecule is CC(NC(=O)N1CSCC1C(=O)O)c1cccc(Br)c1. The van der Waals surface area contributed by atoms with Crippen LogP contribution in [0.2, 0.25) is 0 Å². The van der Waals surface area contributed by atoms with Crippen LogP contribution in [0.25, 0.3) is 0 Å². The molecule has 0 aliphatic carbocycles. The highest BCUT2D eigenvalue weighted by atomic mass is 79.9. The minimum absolute atomic E-state index is 0.181. The molecule has 108 valence electrons. The van der Waals surface area contributed by atoms with E-state index >= 15 is 0 Å². The van der Waals surface area contributed by atoms with Gasteiger partial charge in [0.2, 0.25) is 0 Å². The molecule has 1 fully saturated rings. The number of carbonyl (C=O) groups excluding carboxylic acids is 1. The van der Waals surface area contributed by atoms with Crippen molar-refractivity contribution in [2.75, 3.05) is 11.6 Å². The largest absolute Gasteiger partial charge is 0.480 e. The summed E-state index contributed by atoms with van der Waals surface area (Å²) in [4.78, 5) is 24.6. The van der Waals surface area contributed by atoms with Gasteiger partial charge in [-0.1, -0.05) is 28.1 Å². The van der Waals surface area contributed by atoms with Crippen LogP contribution in [-0.2, 0) is 4.79 Å². The molecule has 0 aromatic heterocycles. The van der Waals surface area contributed by atoms with E-state index < -0.39 is 12.0 Å². The van der Waals surface area contributed by atoms with E-state index in [0.717, 1.165) is 10.0 Å². The highest BCUT2D eigenvalue weighted by Gasteiger charge is 2.35. The van der Waals surface area contributed by atoms with Gasteiger partial charge in [0.15, 0.2) is 0 Å². The average Bonchev–Trinajstić information content (AvgIpc) is 2.88. The Kier molecular flexibility index (Phi) is 4.93. The Hall–Kier alpha value is -1.21. The van der Waals surface area contributed by atoms with Gasteiger partial charge in [0.05, 0.1) is 11.9 Å². The Labute approximate surface area is 129 Å². The number of carboxylic acid groups (broad SMARTS) is 1. The molecule has 2 rings (SSSR count). The maximum absolute atomic E-state index is 12.2. The van der Waals surface area contributed by atoms with E-state index in [1.165, 1.54) is 16.7 Å². The van der Waals surface area contributed by atoms with Crippen molar-refractivity contribution in [3.8, 4) is 0 Å². The zero-order valence-corrected chi connectivity index (χ0v) is 13.3. The van der Waals surface area contributed by atoms with Gasteiger partial charge >= 0.3 is 12.0 Å². The molecule has 0 bridgehead atoms. The molecular formula is C13H15BrN2O3S. The van der Waals surface area contributed by atoms with Gasteiger partial charge in [-0.2, -0.15) is 0 Å². The molecule has 1 aliphatic heterocycles. The minimum atomic E-state index is -0.958. The van der Waals surface area contributed by atoms with E-state index in [2.05, 4.69) is 21.2 Å². The first kappa shape index (κ1) is 15.2. The highest BCUT2D eigenvalue weighted by Crippen LogP contribution is 2.23. The molecule has 2 amide bonds. The summed E-state index contributed by atoms with van der Waals surface area (Å²) in [5, 5.41) is 11.9. The second-order valence-corrected chi connectivity index (χ2v) is 6.47. The second-order valence-electron chi connectivity index (χ2n) is 4.55. The summed E-state index contributed by atoms with van der Waals surface area (Å²) in [6, 6.07) is 6.40. The number of benzene rings is 1. The molecule has 1 saturated heterocycles. The highest BCUT2D eigenvalue weighted by molar-refractivity contribution is 9.10. The number of thioether (sulfide) groups is 1. The van der Waals surface area contributed by atoms with E-state index in [1.807, 2.05) is 31.2 Å². The summed E-state index contributed by atoms with van der Waals surface area (Å²) in [7, 11) is 0. The number of carboxylic acids is 1. The molecule has 1 heterocycles. The number of nitrogens with one attached hydrogen (secondary N) is 1. The molecule has 7 heteroatoms. The van der Waals surface area contributed by atoms with Crippen molar-refractivity contribution in [2.45, 2.75) is 19.0 Å². The molecule has 2 unspecified atom stereocenters. The molecule has 1 aromatic carbocycles. The number of aliphatic carboxylic acids is 1. The zero-order valence-electron chi connectivity index (χ0n) is 10.9. The van der Waals surface area contributed by atoms with Crippen LogP contribution in [0.3, 0.4) is 0 Å². The summed E-state index contributed by atoms with van der Waals surface area (Å²) in [6.45, 7) is 1.87. The Morgan fingerprint density at radius 2 is 2.30 bits per heavy atom. The third-order valence-electron chi connectivity index (χ3n) is 3.12. The fourth-order valence-electron chi connectivity index (χ4n) is 1.97. The predicted octanol–water partition coefficient (Wildman–Crippen LogP) is 2.68. The van der Waals surface area contributed by atoms with Gasteiger partial charge in [0.1, 0.15) is 6.04 Å². The molecule has 2 N–H and O–H groups in total. The van der Waals surface area contributed by atoms with Crippen LogP contribution in [0.1, 0.15) is 18.5 Å². The standard InChI is InChI=1S/C13H15BrN2O3S/c1-8(9-3-2-4-10(14)5-9)15-13(19)16-7-20-6-11(16)12(17)18/h2-5,8,11H,6-7H2,1H3,(H,15,19)(H,17,18). The van der Waals surface area contributed by atoms with E-state index in [-0.39, 0.29) is 12.1 Å². The van der Waals surface area contributed by atoms with Crippen molar-refractivity contribution in [1.29, 1.82) is 0 Å². The van der Waals surface area contributed by atoms with Crippen LogP contribution in [0.4, 0.5) is 4.79 Å². The van der Waals surface area contributed by atoms with E-state index in [9.17, 15) is 9.59 Å². The summed E-state index contributed by atoms with van der Waals surface area (Å²) in [6.07, 6.45) is 0. The lowest BCUT2D eigenvalue weighted by Crippen LogP contribution is -2.47. The van der Waals surface area contributed by atoms with Crippen LogP contribution in [0, 0.1) is 0 Å². The summed E-state index contributed by atoms with van der Waals surface area (Å²) in [5.74, 6) is -0.109. The maximum atomic E-state index is 12.2. The molecule has 0 spiro atoms. The van der Waals surface area contributed by atoms with Crippen molar-refractivity contribution in [3.63, 3.8) is 0 Å². The van der Waals surface area contributed by atoms with Crippen molar-refractivity contribution in [1.82, 2.24) is 10.2 Å². The Bertz CT molecular complexity index is 526. The molecular weight excluding hydrogens is 344 g/mol. The molecule has 1 aliphatic rings. The number of carbonyl (C=O) groups is 2. The lowest BCUT2D eigenvalue weighted by Gasteiger charge is -2.23. The zero-order chi connectivity index (χ0) is 14.7. The smallest absolute Gasteiger partial charge is 0.327 e. The number of urea groups is 1. The summed E-state index contributed by atoms with van der Waals surface area (Å²) >= 11 is 4.84. The molecule has 5 nitrogen and oxygen atoms in total. The van der Waals surface area contributed by atoms with Crippen molar-refractivity contribution in [3.05, 3.63) is 34.3 Å². The van der Waals surface area contributed by atoms with Crippen molar-refractivity contribution < 1.29 is 14.7 Å². The topological polar surface area (TPSA) is 69.6 Å². The van der Waals surface area contributed by atoms with Gasteiger partial charge in [-0.3, -0.25) is 0 Å². The summed E-state index contributed by atoms with van der Waals surface area (Å²) in [5.41, 5.74) is 0.964. The van der Waals surface area contributed by atoms with Gasteiger partial charge in [0.25, 0.3) is 0 Å². The minimum Gasteiger partial charge on any atom is -0.480 e. The van der Waals surface area contributed by atoms with Crippen molar-refractivity contribution >= 4 is 39.7 Å². The van der Waals surface area contributed by atoms with Gasteiger partial charge in [-0.15, -0.1) is 11.8 Å². The number of hydrogen-bond donors (Lipinski definition) is 2. The molecule has 20 heavy (non-hydrogen) atoms. The first-order chi connectivity index (χ1) is 9.49. The lowest BCUT2D eigenvalue weighted by atomic mass is 10.1. The second kappa shape index (κ2) is 6.49. The Morgan fingerprint density at radius 1 is 1.55 bits per heavy atom. The third kappa shape index (κ3) is 3.46. The molecule has 0 radical (unpaired) electrons. The Morgan fingerprint density at radius 3 is 2.95 bits per heavy atom. The van der Waals surface area contributed by atoms with E-state index in [0.29, 0.717) is 11.6 Å². The van der Waals surface area contributed by atoms with Crippen LogP contribution in [0.15, 0.2) is 28.7 Å². The number of amides is 2. The van der Waals surface area contributed by atoms with Crippen LogP contribution in [-0.4, -0.2) is 39.7 Å². The average molecular weight is 359 g/mol. The van der Waals surface area contributed by atoms with E-state index in [4.69, 9.17) is 5.11 Å². The fraction of sp³-hybridized carbons (Fsp3) is 0.385. The van der Waals surface area contributed by atoms with Gasteiger partial charge in [-0.05, 0) is 24.6 Å². The number of rotatable bonds is 3. The third-order valence-corrected chi connectivity index (χ3v) is 4.62. The molecule has 0 saturated carbocycles. The fourth-order valence-corrected chi connectivity index (χ4v) is 3.54. The first-order valence-corrected chi connectivity index (χ1v) is 8.07. The van der Waals surface area contributed by atoms with Gasteiger partial charge in [-0.25, -0.2) is 9.59 Å². The van der Waals surface area contributed by atoms with E-state index in [1.54, 1.807) is 0 Å². The monoisotopic (exact) mass is 358 g/mol. The quantitative estimate of drug-likeness (QED) is 0.871. The predicted molar refractivity (Wildman–Crippen MR) is 81.7 cm³/mol. The first-order valence-electron chi connectivity index (χ1n) is 6.12. The number of hydrogen-bond acceptors (Lipinski definition) is 3.